The van der Waals surface area contributed by atoms with Crippen molar-refractivity contribution in [2.24, 2.45) is 5.92 Å². The summed E-state index contributed by atoms with van der Waals surface area (Å²) in [6, 6.07) is 3.70. The molecule has 1 fully saturated rings. The second-order valence-corrected chi connectivity index (χ2v) is 12.8. The number of amides is 1. The molecule has 15 heteroatoms. The van der Waals surface area contributed by atoms with Gasteiger partial charge in [0.05, 0.1) is 27.5 Å². The van der Waals surface area contributed by atoms with Crippen LogP contribution in [-0.2, 0) is 22.8 Å². The third-order valence-electron chi connectivity index (χ3n) is 7.07. The highest BCUT2D eigenvalue weighted by molar-refractivity contribution is 7.91. The van der Waals surface area contributed by atoms with Crippen molar-refractivity contribution in [1.82, 2.24) is 15.1 Å². The Balaban J connectivity index is 1.86. The summed E-state index contributed by atoms with van der Waals surface area (Å²) >= 11 is 6.49. The first-order valence-electron chi connectivity index (χ1n) is 12.6. The lowest BCUT2D eigenvalue weighted by Gasteiger charge is -2.35. The van der Waals surface area contributed by atoms with Crippen LogP contribution in [0.5, 0.6) is 5.75 Å². The molecule has 2 N–H and O–H groups in total. The molecule has 0 saturated heterocycles. The maximum Gasteiger partial charge on any atom is 0.391 e. The molecular weight excluding hydrogens is 585 g/mol. The molecule has 1 atom stereocenters. The molecule has 0 radical (unpaired) electrons. The van der Waals surface area contributed by atoms with Crippen LogP contribution in [0.3, 0.4) is 0 Å². The van der Waals surface area contributed by atoms with E-state index in [1.165, 1.54) is 16.8 Å². The monoisotopic (exact) mass is 615 g/mol. The summed E-state index contributed by atoms with van der Waals surface area (Å²) in [6.07, 6.45) is -3.01. The molecule has 1 amide bonds. The molecule has 224 valence electrons. The number of aryl methyl sites for hydroxylation is 1. The Kier molecular flexibility index (Phi) is 9.78. The van der Waals surface area contributed by atoms with E-state index in [2.05, 4.69) is 15.2 Å². The van der Waals surface area contributed by atoms with Crippen LogP contribution in [0.1, 0.15) is 55.6 Å². The number of rotatable bonds is 10. The van der Waals surface area contributed by atoms with Crippen molar-refractivity contribution in [1.29, 1.82) is 0 Å². The van der Waals surface area contributed by atoms with Crippen LogP contribution in [0.2, 0.25) is 5.02 Å². The smallest absolute Gasteiger partial charge is 0.391 e. The van der Waals surface area contributed by atoms with Crippen LogP contribution in [0.4, 0.5) is 22.0 Å². The molecule has 0 bridgehead atoms. The maximum atomic E-state index is 13.2. The van der Waals surface area contributed by atoms with Gasteiger partial charge >= 0.3 is 12.8 Å². The predicted molar refractivity (Wildman–Crippen MR) is 138 cm³/mol. The minimum Gasteiger partial charge on any atom is -0.434 e. The van der Waals surface area contributed by atoms with E-state index in [1.807, 2.05) is 0 Å². The maximum absolute atomic E-state index is 13.2. The minimum absolute atomic E-state index is 0.000150. The van der Waals surface area contributed by atoms with Crippen molar-refractivity contribution < 1.29 is 45.0 Å². The molecule has 1 aliphatic rings. The van der Waals surface area contributed by atoms with Crippen molar-refractivity contribution in [3.8, 4) is 17.0 Å². The largest absolute Gasteiger partial charge is 0.434 e. The third-order valence-corrected chi connectivity index (χ3v) is 9.11. The fourth-order valence-corrected chi connectivity index (χ4v) is 6.10. The van der Waals surface area contributed by atoms with Crippen LogP contribution in [0.15, 0.2) is 18.2 Å². The standard InChI is InChI=1S/C25H31ClF5N3O5S/c1-4-34-21(17-6-5-15(11-14(2)25(29,30)31)12-18(17)39-23(27)28)19(26)20(33-34)22(35)32-13-24(36)9-7-16(8-10-24)40(3,37)38/h5-6,12,14,16,23,36H,4,7-11,13H2,1-3H3,(H,32,35). The van der Waals surface area contributed by atoms with Crippen molar-refractivity contribution in [3.05, 3.63) is 34.5 Å². The number of ether oxygens (including phenoxy) is 1. The van der Waals surface area contributed by atoms with Gasteiger partial charge < -0.3 is 15.2 Å². The molecule has 1 saturated carbocycles. The summed E-state index contributed by atoms with van der Waals surface area (Å²) in [4.78, 5) is 13.0. The fourth-order valence-electron chi connectivity index (χ4n) is 4.69. The van der Waals surface area contributed by atoms with E-state index in [1.54, 1.807) is 6.92 Å². The summed E-state index contributed by atoms with van der Waals surface area (Å²) in [5.74, 6) is -2.92. The van der Waals surface area contributed by atoms with Crippen molar-refractivity contribution in [3.63, 3.8) is 0 Å². The Hall–Kier alpha value is -2.45. The Morgan fingerprint density at radius 1 is 1.30 bits per heavy atom. The lowest BCUT2D eigenvalue weighted by atomic mass is 9.84. The highest BCUT2D eigenvalue weighted by Crippen LogP contribution is 2.39. The number of benzene rings is 1. The van der Waals surface area contributed by atoms with Gasteiger partial charge in [-0.25, -0.2) is 8.42 Å². The molecule has 0 aliphatic heterocycles. The molecule has 0 spiro atoms. The number of halogens is 6. The SMILES string of the molecule is CCn1nc(C(=O)NCC2(O)CCC(S(C)(=O)=O)CC2)c(Cl)c1-c1ccc(CC(C)C(F)(F)F)cc1OC(F)F. The van der Waals surface area contributed by atoms with E-state index in [-0.39, 0.29) is 66.3 Å². The van der Waals surface area contributed by atoms with E-state index in [9.17, 15) is 40.3 Å². The first kappa shape index (κ1) is 32.1. The summed E-state index contributed by atoms with van der Waals surface area (Å²) in [5.41, 5.74) is -1.43. The van der Waals surface area contributed by atoms with E-state index in [4.69, 9.17) is 11.6 Å². The second kappa shape index (κ2) is 12.2. The van der Waals surface area contributed by atoms with Crippen LogP contribution in [0.25, 0.3) is 11.3 Å². The lowest BCUT2D eigenvalue weighted by Crippen LogP contribution is -2.47. The van der Waals surface area contributed by atoms with Gasteiger partial charge in [0, 0.05) is 24.9 Å². The van der Waals surface area contributed by atoms with Crippen LogP contribution in [0, 0.1) is 5.92 Å². The van der Waals surface area contributed by atoms with Gasteiger partial charge in [-0.05, 0) is 56.7 Å². The number of nitrogens with zero attached hydrogens (tertiary/aromatic N) is 2. The van der Waals surface area contributed by atoms with Gasteiger partial charge in [-0.15, -0.1) is 0 Å². The van der Waals surface area contributed by atoms with Crippen molar-refractivity contribution in [2.75, 3.05) is 12.8 Å². The second-order valence-electron chi connectivity index (χ2n) is 10.1. The highest BCUT2D eigenvalue weighted by Gasteiger charge is 2.38. The van der Waals surface area contributed by atoms with Crippen molar-refractivity contribution >= 4 is 27.3 Å². The van der Waals surface area contributed by atoms with Crippen LogP contribution < -0.4 is 10.1 Å². The summed E-state index contributed by atoms with van der Waals surface area (Å²) < 4.78 is 95.0. The van der Waals surface area contributed by atoms with Gasteiger partial charge in [0.2, 0.25) is 0 Å². The number of carbonyl (C=O) groups excluding carboxylic acids is 1. The summed E-state index contributed by atoms with van der Waals surface area (Å²) in [7, 11) is -3.25. The molecule has 1 aliphatic carbocycles. The quantitative estimate of drug-likeness (QED) is 0.364. The first-order valence-corrected chi connectivity index (χ1v) is 14.9. The zero-order valence-electron chi connectivity index (χ0n) is 22.1. The topological polar surface area (TPSA) is 111 Å². The Bertz CT molecular complexity index is 1320. The van der Waals surface area contributed by atoms with Crippen LogP contribution >= 0.6 is 11.6 Å². The number of hydrogen-bond donors (Lipinski definition) is 2. The van der Waals surface area contributed by atoms with Gasteiger partial charge in [-0.2, -0.15) is 27.1 Å². The molecule has 1 aromatic carbocycles. The number of aromatic nitrogens is 2. The molecule has 1 aromatic heterocycles. The third kappa shape index (κ3) is 7.64. The number of aliphatic hydroxyl groups is 1. The highest BCUT2D eigenvalue weighted by atomic mass is 35.5. The van der Waals surface area contributed by atoms with E-state index in [0.29, 0.717) is 0 Å². The van der Waals surface area contributed by atoms with E-state index >= 15 is 0 Å². The summed E-state index contributed by atoms with van der Waals surface area (Å²) in [6.45, 7) is -0.695. The number of carbonyl (C=O) groups is 1. The van der Waals surface area contributed by atoms with E-state index in [0.717, 1.165) is 19.2 Å². The normalized spacial score (nSPS) is 20.9. The average Bonchev–Trinajstić information content (AvgIpc) is 3.17. The number of alkyl halides is 5. The Labute approximate surface area is 233 Å². The zero-order valence-corrected chi connectivity index (χ0v) is 23.6. The predicted octanol–water partition coefficient (Wildman–Crippen LogP) is 5.01. The van der Waals surface area contributed by atoms with Crippen molar-refractivity contribution in [2.45, 2.75) is 76.1 Å². The number of hydrogen-bond acceptors (Lipinski definition) is 6. The molecule has 1 heterocycles. The average molecular weight is 616 g/mol. The van der Waals surface area contributed by atoms with Gasteiger partial charge in [0.15, 0.2) is 5.69 Å². The molecule has 2 aromatic rings. The molecule has 3 rings (SSSR count). The fraction of sp³-hybridized carbons (Fsp3) is 0.600. The van der Waals surface area contributed by atoms with E-state index < -0.39 is 57.5 Å². The number of sulfone groups is 1. The lowest BCUT2D eigenvalue weighted by molar-refractivity contribution is -0.169. The molecule has 1 unspecified atom stereocenters. The van der Waals surface area contributed by atoms with Gasteiger partial charge in [0.25, 0.3) is 5.91 Å². The molecule has 40 heavy (non-hydrogen) atoms. The molecule has 8 nitrogen and oxygen atoms in total. The first-order chi connectivity index (χ1) is 18.4. The Morgan fingerprint density at radius 2 is 1.93 bits per heavy atom. The van der Waals surface area contributed by atoms with Gasteiger partial charge in [-0.3, -0.25) is 9.48 Å². The number of nitrogens with one attached hydrogen (secondary N) is 1. The zero-order chi connectivity index (χ0) is 30.0. The Morgan fingerprint density at radius 3 is 2.45 bits per heavy atom. The van der Waals surface area contributed by atoms with Gasteiger partial charge in [0.1, 0.15) is 15.6 Å². The molecular formula is C25H31ClF5N3O5S. The van der Waals surface area contributed by atoms with Gasteiger partial charge in [-0.1, -0.05) is 24.6 Å². The van der Waals surface area contributed by atoms with Crippen LogP contribution in [-0.4, -0.2) is 65.7 Å². The summed E-state index contributed by atoms with van der Waals surface area (Å²) in [5, 5.41) is 16.8. The minimum atomic E-state index is -4.48.